The first-order valence-electron chi connectivity index (χ1n) is 4.16. The second kappa shape index (κ2) is 2.87. The molecule has 0 fully saturated rings. The van der Waals surface area contributed by atoms with E-state index < -0.39 is 5.91 Å². The Hall–Kier alpha value is -1.32. The van der Waals surface area contributed by atoms with Gasteiger partial charge in [0, 0.05) is 18.7 Å². The van der Waals surface area contributed by atoms with Gasteiger partial charge in [-0.25, -0.2) is 4.98 Å². The van der Waals surface area contributed by atoms with E-state index in [1.807, 2.05) is 27.0 Å². The lowest BCUT2D eigenvalue weighted by Crippen LogP contribution is -2.17. The van der Waals surface area contributed by atoms with Crippen LogP contribution in [-0.4, -0.2) is 15.5 Å². The lowest BCUT2D eigenvalue weighted by atomic mass is 9.93. The molecule has 4 heteroatoms. The van der Waals surface area contributed by atoms with Gasteiger partial charge < -0.3 is 10.3 Å². The van der Waals surface area contributed by atoms with Crippen molar-refractivity contribution in [2.24, 2.45) is 12.8 Å². The van der Waals surface area contributed by atoms with E-state index in [9.17, 15) is 4.79 Å². The van der Waals surface area contributed by atoms with E-state index in [0.29, 0.717) is 5.82 Å². The van der Waals surface area contributed by atoms with Gasteiger partial charge in [0.05, 0.1) is 5.69 Å². The van der Waals surface area contributed by atoms with Crippen LogP contribution >= 0.6 is 0 Å². The summed E-state index contributed by atoms with van der Waals surface area (Å²) < 4.78 is 1.66. The summed E-state index contributed by atoms with van der Waals surface area (Å²) in [5.74, 6) is -0.178. The van der Waals surface area contributed by atoms with Gasteiger partial charge in [-0.05, 0) is 0 Å². The predicted octanol–water partition coefficient (Wildman–Crippen LogP) is 0.817. The van der Waals surface area contributed by atoms with E-state index in [1.54, 1.807) is 11.6 Å². The van der Waals surface area contributed by atoms with Gasteiger partial charge in [-0.15, -0.1) is 0 Å². The molecule has 0 unspecified atom stereocenters. The van der Waals surface area contributed by atoms with Crippen molar-refractivity contribution in [2.45, 2.75) is 26.2 Å². The van der Waals surface area contributed by atoms with Crippen molar-refractivity contribution >= 4 is 5.91 Å². The number of hydrogen-bond acceptors (Lipinski definition) is 2. The average Bonchev–Trinajstić information content (AvgIpc) is 2.29. The number of nitrogens with two attached hydrogens (primary N) is 1. The van der Waals surface area contributed by atoms with E-state index in [4.69, 9.17) is 5.73 Å². The molecule has 0 saturated heterocycles. The number of nitrogens with zero attached hydrogens (tertiary/aromatic N) is 2. The molecule has 1 heterocycles. The highest BCUT2D eigenvalue weighted by Gasteiger charge is 2.20. The fraction of sp³-hybridized carbons (Fsp3) is 0.556. The molecule has 0 aliphatic heterocycles. The van der Waals surface area contributed by atoms with Crippen molar-refractivity contribution < 1.29 is 4.79 Å². The molecule has 0 radical (unpaired) electrons. The summed E-state index contributed by atoms with van der Waals surface area (Å²) >= 11 is 0. The summed E-state index contributed by atoms with van der Waals surface area (Å²) in [6, 6.07) is 0. The molecule has 1 aromatic heterocycles. The van der Waals surface area contributed by atoms with Crippen LogP contribution in [0.15, 0.2) is 6.20 Å². The van der Waals surface area contributed by atoms with Gasteiger partial charge in [0.1, 0.15) is 0 Å². The minimum absolute atomic E-state index is 0.0501. The summed E-state index contributed by atoms with van der Waals surface area (Å²) in [6.07, 6.45) is 1.83. The Morgan fingerprint density at radius 2 is 2.08 bits per heavy atom. The number of amides is 1. The van der Waals surface area contributed by atoms with Crippen LogP contribution in [0.25, 0.3) is 0 Å². The molecule has 0 aliphatic carbocycles. The highest BCUT2D eigenvalue weighted by Crippen LogP contribution is 2.20. The van der Waals surface area contributed by atoms with E-state index in [-0.39, 0.29) is 5.41 Å². The molecule has 1 amide bonds. The highest BCUT2D eigenvalue weighted by atomic mass is 16.1. The Labute approximate surface area is 77.8 Å². The molecular formula is C9H15N3O. The molecule has 0 spiro atoms. The summed E-state index contributed by atoms with van der Waals surface area (Å²) in [5, 5.41) is 0. The SMILES string of the molecule is Cn1cc(C(C)(C)C)nc1C(N)=O. The highest BCUT2D eigenvalue weighted by molar-refractivity contribution is 5.89. The first-order chi connectivity index (χ1) is 5.82. The largest absolute Gasteiger partial charge is 0.363 e. The third kappa shape index (κ3) is 1.88. The van der Waals surface area contributed by atoms with Crippen molar-refractivity contribution in [3.63, 3.8) is 0 Å². The Kier molecular flexibility index (Phi) is 2.15. The van der Waals surface area contributed by atoms with E-state index in [0.717, 1.165) is 5.69 Å². The summed E-state index contributed by atoms with van der Waals surface area (Å²) in [7, 11) is 1.77. The fourth-order valence-corrected chi connectivity index (χ4v) is 1.06. The maximum absolute atomic E-state index is 10.9. The van der Waals surface area contributed by atoms with E-state index >= 15 is 0 Å². The second-order valence-electron chi connectivity index (χ2n) is 4.17. The van der Waals surface area contributed by atoms with Crippen LogP contribution in [0.2, 0.25) is 0 Å². The fourth-order valence-electron chi connectivity index (χ4n) is 1.06. The van der Waals surface area contributed by atoms with Crippen LogP contribution in [0, 0.1) is 0 Å². The zero-order valence-corrected chi connectivity index (χ0v) is 8.46. The predicted molar refractivity (Wildman–Crippen MR) is 50.4 cm³/mol. The Morgan fingerprint density at radius 3 is 2.31 bits per heavy atom. The van der Waals surface area contributed by atoms with Crippen LogP contribution in [0.3, 0.4) is 0 Å². The van der Waals surface area contributed by atoms with Crippen molar-refractivity contribution in [3.8, 4) is 0 Å². The number of aryl methyl sites for hydroxylation is 1. The maximum Gasteiger partial charge on any atom is 0.284 e. The number of primary amides is 1. The Bertz CT molecular complexity index is 333. The number of rotatable bonds is 1. The maximum atomic E-state index is 10.9. The monoisotopic (exact) mass is 181 g/mol. The third-order valence-electron chi connectivity index (χ3n) is 1.87. The van der Waals surface area contributed by atoms with Gasteiger partial charge in [0.15, 0.2) is 5.82 Å². The van der Waals surface area contributed by atoms with Crippen LogP contribution in [0.5, 0.6) is 0 Å². The topological polar surface area (TPSA) is 60.9 Å². The molecule has 72 valence electrons. The average molecular weight is 181 g/mol. The first kappa shape index (κ1) is 9.77. The number of hydrogen-bond donors (Lipinski definition) is 1. The van der Waals surface area contributed by atoms with Crippen LogP contribution in [-0.2, 0) is 12.5 Å². The third-order valence-corrected chi connectivity index (χ3v) is 1.87. The number of imidazole rings is 1. The molecule has 4 nitrogen and oxygen atoms in total. The van der Waals surface area contributed by atoms with Gasteiger partial charge in [-0.1, -0.05) is 20.8 Å². The second-order valence-corrected chi connectivity index (χ2v) is 4.17. The quantitative estimate of drug-likeness (QED) is 0.697. The van der Waals surface area contributed by atoms with Crippen molar-refractivity contribution in [1.29, 1.82) is 0 Å². The minimum atomic E-state index is -0.488. The number of carbonyl (C=O) groups excluding carboxylic acids is 1. The molecule has 13 heavy (non-hydrogen) atoms. The molecule has 0 atom stereocenters. The van der Waals surface area contributed by atoms with Gasteiger partial charge in [-0.3, -0.25) is 4.79 Å². The van der Waals surface area contributed by atoms with Gasteiger partial charge in [0.25, 0.3) is 5.91 Å². The summed E-state index contributed by atoms with van der Waals surface area (Å²) in [4.78, 5) is 15.1. The lowest BCUT2D eigenvalue weighted by molar-refractivity contribution is 0.0987. The number of aromatic nitrogens is 2. The summed E-state index contributed by atoms with van der Waals surface area (Å²) in [6.45, 7) is 6.13. The van der Waals surface area contributed by atoms with E-state index in [2.05, 4.69) is 4.98 Å². The van der Waals surface area contributed by atoms with Crippen LogP contribution in [0.1, 0.15) is 37.1 Å². The molecule has 1 rings (SSSR count). The van der Waals surface area contributed by atoms with Gasteiger partial charge >= 0.3 is 0 Å². The zero-order chi connectivity index (χ0) is 10.2. The van der Waals surface area contributed by atoms with Crippen LogP contribution in [0.4, 0.5) is 0 Å². The zero-order valence-electron chi connectivity index (χ0n) is 8.46. The molecule has 1 aromatic rings. The van der Waals surface area contributed by atoms with Gasteiger partial charge in [-0.2, -0.15) is 0 Å². The standard InChI is InChI=1S/C9H15N3O/c1-9(2,3)6-5-12(4)8(11-6)7(10)13/h5H,1-4H3,(H2,10,13). The van der Waals surface area contributed by atoms with Crippen molar-refractivity contribution in [2.75, 3.05) is 0 Å². The summed E-state index contributed by atoms with van der Waals surface area (Å²) in [5.41, 5.74) is 5.98. The molecule has 0 aliphatic rings. The lowest BCUT2D eigenvalue weighted by Gasteiger charge is -2.13. The van der Waals surface area contributed by atoms with Crippen molar-refractivity contribution in [1.82, 2.24) is 9.55 Å². The smallest absolute Gasteiger partial charge is 0.284 e. The Balaban J connectivity index is 3.17. The minimum Gasteiger partial charge on any atom is -0.363 e. The van der Waals surface area contributed by atoms with Gasteiger partial charge in [0.2, 0.25) is 0 Å². The molecule has 0 bridgehead atoms. The molecule has 0 saturated carbocycles. The number of carbonyl (C=O) groups is 1. The van der Waals surface area contributed by atoms with E-state index in [1.165, 1.54) is 0 Å². The molecular weight excluding hydrogens is 166 g/mol. The van der Waals surface area contributed by atoms with Crippen LogP contribution < -0.4 is 5.73 Å². The molecule has 2 N–H and O–H groups in total. The first-order valence-corrected chi connectivity index (χ1v) is 4.16. The van der Waals surface area contributed by atoms with Crippen molar-refractivity contribution in [3.05, 3.63) is 17.7 Å². The Morgan fingerprint density at radius 1 is 1.54 bits per heavy atom. The normalized spacial score (nSPS) is 11.7. The molecule has 0 aromatic carbocycles.